The molecule has 0 aliphatic carbocycles. The molecule has 0 aliphatic rings. The Kier molecular flexibility index (Phi) is 8.47. The molecule has 1 atom stereocenters. The van der Waals surface area contributed by atoms with Gasteiger partial charge < -0.3 is 23.6 Å². The quantitative estimate of drug-likeness (QED) is 0.484. The minimum absolute atomic E-state index is 0.0197. The van der Waals surface area contributed by atoms with Crippen molar-refractivity contribution in [3.05, 3.63) is 53.1 Å². The predicted octanol–water partition coefficient (Wildman–Crippen LogP) is 5.64. The third kappa shape index (κ3) is 6.08. The number of ether oxygens (including phenoxy) is 2. The van der Waals surface area contributed by atoms with Gasteiger partial charge in [0.05, 0.1) is 26.9 Å². The molecule has 0 saturated heterocycles. The maximum absolute atomic E-state index is 13.9. The van der Waals surface area contributed by atoms with Gasteiger partial charge in [0.1, 0.15) is 0 Å². The maximum atomic E-state index is 13.9. The van der Waals surface area contributed by atoms with Crippen LogP contribution in [0.4, 0.5) is 0 Å². The van der Waals surface area contributed by atoms with E-state index >= 15 is 0 Å². The first-order valence-electron chi connectivity index (χ1n) is 9.69. The van der Waals surface area contributed by atoms with Gasteiger partial charge in [-0.3, -0.25) is 9.55 Å². The molecule has 1 aromatic carbocycles. The van der Waals surface area contributed by atoms with Gasteiger partial charge in [-0.25, -0.2) is 0 Å². The number of hydrogen-bond acceptors (Lipinski definition) is 7. The van der Waals surface area contributed by atoms with E-state index in [1.54, 1.807) is 30.6 Å². The molecule has 30 heavy (non-hydrogen) atoms. The number of phenolic OH excluding ortho intramolecular Hbond substituents is 1. The second kappa shape index (κ2) is 10.6. The van der Waals surface area contributed by atoms with Gasteiger partial charge in [-0.15, -0.1) is 0 Å². The lowest BCUT2D eigenvalue weighted by atomic mass is 10.1. The Bertz CT molecular complexity index is 886. The monoisotopic (exact) mass is 435 g/mol. The van der Waals surface area contributed by atoms with Gasteiger partial charge in [0, 0.05) is 17.7 Å². The molecule has 0 aliphatic heterocycles. The number of nitrogens with zero attached hydrogens (tertiary/aromatic N) is 1. The van der Waals surface area contributed by atoms with Gasteiger partial charge in [-0.2, -0.15) is 0 Å². The predicted molar refractivity (Wildman–Crippen MR) is 117 cm³/mol. The highest BCUT2D eigenvalue weighted by Gasteiger charge is 2.34. The number of aromatic nitrogens is 1. The summed E-state index contributed by atoms with van der Waals surface area (Å²) in [5.41, 5.74) is 1.43. The molecule has 0 bridgehead atoms. The first kappa shape index (κ1) is 23.9. The Balaban J connectivity index is 2.41. The minimum atomic E-state index is -3.64. The Morgan fingerprint density at radius 1 is 1.17 bits per heavy atom. The van der Waals surface area contributed by atoms with Crippen molar-refractivity contribution in [3.8, 4) is 17.2 Å². The van der Waals surface area contributed by atoms with Crippen LogP contribution in [0.2, 0.25) is 0 Å². The third-order valence-corrected chi connectivity index (χ3v) is 6.64. The minimum Gasteiger partial charge on any atom is -0.502 e. The lowest BCUT2D eigenvalue weighted by Crippen LogP contribution is -2.09. The second-order valence-electron chi connectivity index (χ2n) is 7.28. The molecule has 7 nitrogen and oxygen atoms in total. The zero-order valence-corrected chi connectivity index (χ0v) is 19.2. The van der Waals surface area contributed by atoms with E-state index in [1.165, 1.54) is 14.2 Å². The lowest BCUT2D eigenvalue weighted by Gasteiger charge is -2.25. The Morgan fingerprint density at radius 2 is 1.80 bits per heavy atom. The van der Waals surface area contributed by atoms with Crippen LogP contribution in [0.3, 0.4) is 0 Å². The molecule has 1 heterocycles. The molecule has 1 unspecified atom stereocenters. The highest BCUT2D eigenvalue weighted by Crippen LogP contribution is 2.60. The topological polar surface area (TPSA) is 87.1 Å². The molecular formula is C22H30NO6P. The molecule has 2 rings (SSSR count). The smallest absolute Gasteiger partial charge is 0.358 e. The van der Waals surface area contributed by atoms with Crippen LogP contribution in [0.1, 0.15) is 38.8 Å². The number of phenols is 1. The van der Waals surface area contributed by atoms with Crippen LogP contribution in [-0.4, -0.2) is 30.4 Å². The number of hydrogen-bond donors (Lipinski definition) is 1. The zero-order chi connectivity index (χ0) is 22.3. The van der Waals surface area contributed by atoms with E-state index in [0.717, 1.165) is 5.56 Å². The van der Waals surface area contributed by atoms with Gasteiger partial charge in [0.15, 0.2) is 11.5 Å². The number of aromatic hydroxyl groups is 1. The van der Waals surface area contributed by atoms with Crippen LogP contribution < -0.4 is 9.47 Å². The second-order valence-corrected chi connectivity index (χ2v) is 9.26. The molecular weight excluding hydrogens is 405 g/mol. The first-order chi connectivity index (χ1) is 14.2. The molecule has 1 aromatic heterocycles. The first-order valence-corrected chi connectivity index (χ1v) is 11.2. The van der Waals surface area contributed by atoms with Crippen molar-refractivity contribution in [3.63, 3.8) is 0 Å². The van der Waals surface area contributed by atoms with Gasteiger partial charge in [-0.05, 0) is 55.2 Å². The van der Waals surface area contributed by atoms with Crippen LogP contribution in [0.25, 0.3) is 6.08 Å². The molecule has 0 radical (unpaired) electrons. The van der Waals surface area contributed by atoms with Crippen LogP contribution >= 0.6 is 7.60 Å². The van der Waals surface area contributed by atoms with E-state index in [2.05, 4.69) is 4.98 Å². The van der Waals surface area contributed by atoms with Crippen molar-refractivity contribution >= 4 is 13.7 Å². The summed E-state index contributed by atoms with van der Waals surface area (Å²) in [5.74, 6) is 0.286. The van der Waals surface area contributed by atoms with Crippen LogP contribution in [0.15, 0.2) is 42.0 Å². The van der Waals surface area contributed by atoms with Crippen LogP contribution in [0.5, 0.6) is 17.2 Å². The van der Waals surface area contributed by atoms with Crippen molar-refractivity contribution < 1.29 is 28.2 Å². The average Bonchev–Trinajstić information content (AvgIpc) is 2.71. The zero-order valence-electron chi connectivity index (χ0n) is 18.3. The summed E-state index contributed by atoms with van der Waals surface area (Å²) in [7, 11) is -0.755. The molecule has 0 fully saturated rings. The molecule has 2 aromatic rings. The normalized spacial score (nSPS) is 14.1. The molecule has 0 amide bonds. The van der Waals surface area contributed by atoms with E-state index in [9.17, 15) is 9.67 Å². The maximum Gasteiger partial charge on any atom is 0.358 e. The molecule has 0 spiro atoms. The standard InChI is InChI=1S/C22H30NO6P/c1-15(2)21(12-17-8-7-9-23-13-17)30(25,29-16(3)4)28-14-18-10-19(26-5)22(24)20(11-18)27-6/h7-13,15-16,24H,14H2,1-6H3/b21-12+. The number of rotatable bonds is 10. The Labute approximate surface area is 178 Å². The largest absolute Gasteiger partial charge is 0.502 e. The van der Waals surface area contributed by atoms with Crippen molar-refractivity contribution in [1.29, 1.82) is 0 Å². The number of benzene rings is 1. The van der Waals surface area contributed by atoms with Crippen molar-refractivity contribution in [2.24, 2.45) is 5.92 Å². The van der Waals surface area contributed by atoms with Gasteiger partial charge >= 0.3 is 7.60 Å². The average molecular weight is 435 g/mol. The van der Waals surface area contributed by atoms with E-state index in [0.29, 0.717) is 10.9 Å². The fourth-order valence-corrected chi connectivity index (χ4v) is 4.97. The summed E-state index contributed by atoms with van der Waals surface area (Å²) in [4.78, 5) is 4.11. The number of allylic oxidation sites excluding steroid dienone is 1. The van der Waals surface area contributed by atoms with Gasteiger partial charge in [0.2, 0.25) is 5.75 Å². The highest BCUT2D eigenvalue weighted by molar-refractivity contribution is 7.58. The number of pyridine rings is 1. The molecule has 1 N–H and O–H groups in total. The van der Waals surface area contributed by atoms with Crippen molar-refractivity contribution in [1.82, 2.24) is 4.98 Å². The summed E-state index contributed by atoms with van der Waals surface area (Å²) in [5, 5.41) is 10.7. The molecule has 8 heteroatoms. The van der Waals surface area contributed by atoms with E-state index in [1.807, 2.05) is 39.8 Å². The summed E-state index contributed by atoms with van der Waals surface area (Å²) in [6, 6.07) is 6.91. The summed E-state index contributed by atoms with van der Waals surface area (Å²) >= 11 is 0. The lowest BCUT2D eigenvalue weighted by molar-refractivity contribution is 0.166. The van der Waals surface area contributed by atoms with Crippen LogP contribution in [0, 0.1) is 5.92 Å². The number of methoxy groups -OCH3 is 2. The van der Waals surface area contributed by atoms with Gasteiger partial charge in [0.25, 0.3) is 0 Å². The molecule has 164 valence electrons. The fourth-order valence-electron chi connectivity index (χ4n) is 2.83. The van der Waals surface area contributed by atoms with E-state index in [-0.39, 0.29) is 35.9 Å². The van der Waals surface area contributed by atoms with Crippen molar-refractivity contribution in [2.75, 3.05) is 14.2 Å². The van der Waals surface area contributed by atoms with Crippen LogP contribution in [-0.2, 0) is 20.2 Å². The Hall–Kier alpha value is -2.34. The third-order valence-electron chi connectivity index (χ3n) is 4.20. The summed E-state index contributed by atoms with van der Waals surface area (Å²) < 4.78 is 36.0. The highest BCUT2D eigenvalue weighted by atomic mass is 31.2. The summed E-state index contributed by atoms with van der Waals surface area (Å²) in [6.07, 6.45) is 4.87. The fraction of sp³-hybridized carbons (Fsp3) is 0.409. The Morgan fingerprint density at radius 3 is 2.27 bits per heavy atom. The van der Waals surface area contributed by atoms with E-state index in [4.69, 9.17) is 18.5 Å². The summed E-state index contributed by atoms with van der Waals surface area (Å²) in [6.45, 7) is 7.48. The van der Waals surface area contributed by atoms with E-state index < -0.39 is 7.60 Å². The SMILES string of the molecule is COc1cc(COP(=O)(OC(C)C)/C(=C/c2cccnc2)C(C)C)cc(OC)c1O. The molecule has 0 saturated carbocycles. The van der Waals surface area contributed by atoms with Crippen molar-refractivity contribution in [2.45, 2.75) is 40.4 Å². The van der Waals surface area contributed by atoms with Gasteiger partial charge in [-0.1, -0.05) is 19.9 Å².